The molecule has 1 aliphatic heterocycles. The fraction of sp³-hybridized carbons (Fsp3) is 0.842. The zero-order chi connectivity index (χ0) is 19.9. The van der Waals surface area contributed by atoms with Gasteiger partial charge in [0.15, 0.2) is 0 Å². The highest BCUT2D eigenvalue weighted by Gasteiger charge is 2.38. The Hall–Kier alpha value is -1.79. The SMILES string of the molecule is CCCCNC(=O)[C@@H]1CCCN1C(=O)[C@@H](NC(=O)OC(C)(C)C)C(C)C. The lowest BCUT2D eigenvalue weighted by Crippen LogP contribution is -2.55. The van der Waals surface area contributed by atoms with Gasteiger partial charge in [-0.25, -0.2) is 4.79 Å². The number of nitrogens with zero attached hydrogens (tertiary/aromatic N) is 1. The van der Waals surface area contributed by atoms with Gasteiger partial charge >= 0.3 is 6.09 Å². The van der Waals surface area contributed by atoms with Gasteiger partial charge in [0.2, 0.25) is 11.8 Å². The van der Waals surface area contributed by atoms with Crippen molar-refractivity contribution in [1.82, 2.24) is 15.5 Å². The van der Waals surface area contributed by atoms with Crippen LogP contribution in [-0.4, -0.2) is 53.6 Å². The van der Waals surface area contributed by atoms with Crippen molar-refractivity contribution in [3.63, 3.8) is 0 Å². The average Bonchev–Trinajstić information content (AvgIpc) is 2.99. The van der Waals surface area contributed by atoms with Gasteiger partial charge in [-0.1, -0.05) is 27.2 Å². The summed E-state index contributed by atoms with van der Waals surface area (Å²) in [5, 5.41) is 5.58. The molecule has 1 saturated heterocycles. The molecule has 26 heavy (non-hydrogen) atoms. The predicted octanol–water partition coefficient (Wildman–Crippen LogP) is 2.44. The van der Waals surface area contributed by atoms with Crippen LogP contribution in [0.25, 0.3) is 0 Å². The van der Waals surface area contributed by atoms with Crippen molar-refractivity contribution in [3.8, 4) is 0 Å². The molecule has 1 rings (SSSR count). The molecule has 150 valence electrons. The van der Waals surface area contributed by atoms with E-state index in [0.717, 1.165) is 19.3 Å². The number of carbonyl (C=O) groups excluding carboxylic acids is 3. The number of hydrogen-bond donors (Lipinski definition) is 2. The number of ether oxygens (including phenoxy) is 1. The number of hydrogen-bond acceptors (Lipinski definition) is 4. The second kappa shape index (κ2) is 9.78. The van der Waals surface area contributed by atoms with Crippen molar-refractivity contribution in [2.24, 2.45) is 5.92 Å². The molecule has 0 saturated carbocycles. The van der Waals surface area contributed by atoms with Crippen LogP contribution < -0.4 is 10.6 Å². The number of unbranched alkanes of at least 4 members (excludes halogenated alkanes) is 1. The number of nitrogens with one attached hydrogen (secondary N) is 2. The second-order valence-electron chi connectivity index (χ2n) is 8.20. The third-order valence-corrected chi connectivity index (χ3v) is 4.27. The van der Waals surface area contributed by atoms with Crippen LogP contribution >= 0.6 is 0 Å². The van der Waals surface area contributed by atoms with E-state index in [4.69, 9.17) is 4.74 Å². The van der Waals surface area contributed by atoms with Crippen molar-refractivity contribution in [3.05, 3.63) is 0 Å². The van der Waals surface area contributed by atoms with Crippen LogP contribution in [0.15, 0.2) is 0 Å². The van der Waals surface area contributed by atoms with Gasteiger partial charge in [0.05, 0.1) is 0 Å². The van der Waals surface area contributed by atoms with Crippen LogP contribution in [0, 0.1) is 5.92 Å². The van der Waals surface area contributed by atoms with Gasteiger partial charge in [0.25, 0.3) is 0 Å². The van der Waals surface area contributed by atoms with E-state index in [9.17, 15) is 14.4 Å². The van der Waals surface area contributed by atoms with E-state index in [2.05, 4.69) is 17.6 Å². The Morgan fingerprint density at radius 3 is 2.42 bits per heavy atom. The van der Waals surface area contributed by atoms with E-state index in [1.807, 2.05) is 13.8 Å². The first-order valence-electron chi connectivity index (χ1n) is 9.64. The maximum absolute atomic E-state index is 13.0. The summed E-state index contributed by atoms with van der Waals surface area (Å²) in [4.78, 5) is 39.1. The highest BCUT2D eigenvalue weighted by Crippen LogP contribution is 2.21. The largest absolute Gasteiger partial charge is 0.444 e. The molecule has 0 aromatic carbocycles. The predicted molar refractivity (Wildman–Crippen MR) is 101 cm³/mol. The van der Waals surface area contributed by atoms with Gasteiger partial charge in [0, 0.05) is 13.1 Å². The summed E-state index contributed by atoms with van der Waals surface area (Å²) in [6.07, 6.45) is 2.74. The Balaban J connectivity index is 2.77. The summed E-state index contributed by atoms with van der Waals surface area (Å²) in [5.74, 6) is -0.442. The molecule has 3 amide bonds. The van der Waals surface area contributed by atoms with Gasteiger partial charge in [-0.15, -0.1) is 0 Å². The molecule has 0 aliphatic carbocycles. The lowest BCUT2D eigenvalue weighted by Gasteiger charge is -2.31. The van der Waals surface area contributed by atoms with Crippen molar-refractivity contribution < 1.29 is 19.1 Å². The normalized spacial score (nSPS) is 18.6. The monoisotopic (exact) mass is 369 g/mol. The molecule has 2 atom stereocenters. The lowest BCUT2D eigenvalue weighted by molar-refractivity contribution is -0.140. The molecular weight excluding hydrogens is 334 g/mol. The summed E-state index contributed by atoms with van der Waals surface area (Å²) in [6.45, 7) is 12.3. The Morgan fingerprint density at radius 1 is 1.23 bits per heavy atom. The van der Waals surface area contributed by atoms with E-state index in [1.165, 1.54) is 0 Å². The number of amides is 3. The molecular formula is C19H35N3O4. The molecule has 1 fully saturated rings. The number of carbonyl (C=O) groups is 3. The minimum Gasteiger partial charge on any atom is -0.444 e. The van der Waals surface area contributed by atoms with E-state index < -0.39 is 23.8 Å². The third-order valence-electron chi connectivity index (χ3n) is 4.27. The summed E-state index contributed by atoms with van der Waals surface area (Å²) in [6, 6.07) is -1.17. The smallest absolute Gasteiger partial charge is 0.408 e. The second-order valence-corrected chi connectivity index (χ2v) is 8.20. The van der Waals surface area contributed by atoms with E-state index in [0.29, 0.717) is 19.5 Å². The molecule has 0 spiro atoms. The molecule has 0 aromatic heterocycles. The summed E-state index contributed by atoms with van der Waals surface area (Å²) < 4.78 is 5.27. The van der Waals surface area contributed by atoms with E-state index >= 15 is 0 Å². The van der Waals surface area contributed by atoms with Crippen molar-refractivity contribution in [1.29, 1.82) is 0 Å². The molecule has 0 unspecified atom stereocenters. The highest BCUT2D eigenvalue weighted by atomic mass is 16.6. The Morgan fingerprint density at radius 2 is 1.88 bits per heavy atom. The first-order valence-corrected chi connectivity index (χ1v) is 9.64. The summed E-state index contributed by atoms with van der Waals surface area (Å²) in [7, 11) is 0. The Bertz CT molecular complexity index is 500. The third kappa shape index (κ3) is 6.84. The van der Waals surface area contributed by atoms with Gasteiger partial charge in [-0.2, -0.15) is 0 Å². The molecule has 1 heterocycles. The Labute approximate surface area is 157 Å². The van der Waals surface area contributed by atoms with E-state index in [1.54, 1.807) is 25.7 Å². The van der Waals surface area contributed by atoms with Crippen LogP contribution in [-0.2, 0) is 14.3 Å². The zero-order valence-electron chi connectivity index (χ0n) is 17.1. The number of alkyl carbamates (subject to hydrolysis) is 1. The molecule has 0 bridgehead atoms. The average molecular weight is 370 g/mol. The first-order chi connectivity index (χ1) is 12.1. The molecule has 2 N–H and O–H groups in total. The molecule has 7 nitrogen and oxygen atoms in total. The zero-order valence-corrected chi connectivity index (χ0v) is 17.1. The quantitative estimate of drug-likeness (QED) is 0.675. The van der Waals surface area contributed by atoms with Crippen molar-refractivity contribution in [2.45, 2.75) is 84.9 Å². The number of rotatable bonds is 7. The van der Waals surface area contributed by atoms with Gasteiger partial charge in [-0.3, -0.25) is 9.59 Å². The minimum atomic E-state index is -0.714. The molecule has 1 aliphatic rings. The van der Waals surface area contributed by atoms with Gasteiger partial charge in [0.1, 0.15) is 17.7 Å². The summed E-state index contributed by atoms with van der Waals surface area (Å²) in [5.41, 5.74) is -0.635. The maximum atomic E-state index is 13.0. The fourth-order valence-corrected chi connectivity index (χ4v) is 2.94. The Kier molecular flexibility index (Phi) is 8.37. The topological polar surface area (TPSA) is 87.7 Å². The van der Waals surface area contributed by atoms with Crippen LogP contribution in [0.2, 0.25) is 0 Å². The van der Waals surface area contributed by atoms with Crippen LogP contribution in [0.4, 0.5) is 4.79 Å². The van der Waals surface area contributed by atoms with Crippen molar-refractivity contribution in [2.75, 3.05) is 13.1 Å². The maximum Gasteiger partial charge on any atom is 0.408 e. The minimum absolute atomic E-state index is 0.107. The van der Waals surface area contributed by atoms with Gasteiger partial charge in [-0.05, 0) is 46.0 Å². The molecule has 0 radical (unpaired) electrons. The fourth-order valence-electron chi connectivity index (χ4n) is 2.94. The summed E-state index contributed by atoms with van der Waals surface area (Å²) >= 11 is 0. The van der Waals surface area contributed by atoms with Crippen LogP contribution in [0.1, 0.15) is 67.2 Å². The van der Waals surface area contributed by atoms with E-state index in [-0.39, 0.29) is 17.7 Å². The van der Waals surface area contributed by atoms with Crippen molar-refractivity contribution >= 4 is 17.9 Å². The highest BCUT2D eigenvalue weighted by molar-refractivity contribution is 5.92. The van der Waals surface area contributed by atoms with Crippen LogP contribution in [0.5, 0.6) is 0 Å². The first kappa shape index (κ1) is 22.3. The molecule has 0 aromatic rings. The molecule has 7 heteroatoms. The van der Waals surface area contributed by atoms with Gasteiger partial charge < -0.3 is 20.3 Å². The van der Waals surface area contributed by atoms with Crippen LogP contribution in [0.3, 0.4) is 0 Å². The standard InChI is InChI=1S/C19H35N3O4/c1-7-8-11-20-16(23)14-10-9-12-22(14)17(24)15(13(2)3)21-18(25)26-19(4,5)6/h13-15H,7-12H2,1-6H3,(H,20,23)(H,21,25)/t14-,15-/m0/s1. The lowest BCUT2D eigenvalue weighted by atomic mass is 10.0. The number of likely N-dealkylation sites (tertiary alicyclic amines) is 1.